The van der Waals surface area contributed by atoms with Crippen LogP contribution < -0.4 is 0 Å². The number of amides is 1. The predicted octanol–water partition coefficient (Wildman–Crippen LogP) is 2.65. The minimum Gasteiger partial charge on any atom is -0.393 e. The van der Waals surface area contributed by atoms with Crippen molar-refractivity contribution >= 4 is 5.91 Å². The average molecular weight is 273 g/mol. The van der Waals surface area contributed by atoms with Gasteiger partial charge in [-0.3, -0.25) is 4.79 Å². The SMILES string of the molecule is CC(C)c1ccc(C(=O)N2CC3CCC(O)C3C2)cc1. The van der Waals surface area contributed by atoms with Crippen LogP contribution in [0.25, 0.3) is 0 Å². The Morgan fingerprint density at radius 3 is 2.50 bits per heavy atom. The van der Waals surface area contributed by atoms with Gasteiger partial charge in [0.15, 0.2) is 0 Å². The Balaban J connectivity index is 1.70. The number of rotatable bonds is 2. The first kappa shape index (κ1) is 13.6. The van der Waals surface area contributed by atoms with Gasteiger partial charge in [-0.2, -0.15) is 0 Å². The Morgan fingerprint density at radius 1 is 1.20 bits per heavy atom. The van der Waals surface area contributed by atoms with Crippen molar-refractivity contribution in [1.82, 2.24) is 4.90 Å². The molecule has 1 amide bonds. The second-order valence-electron chi connectivity index (χ2n) is 6.56. The Kier molecular flexibility index (Phi) is 3.55. The lowest BCUT2D eigenvalue weighted by Gasteiger charge is -2.19. The fourth-order valence-corrected chi connectivity index (χ4v) is 3.60. The van der Waals surface area contributed by atoms with Gasteiger partial charge in [0, 0.05) is 24.6 Å². The molecule has 1 saturated heterocycles. The number of fused-ring (bicyclic) bond motifs is 1. The van der Waals surface area contributed by atoms with Crippen molar-refractivity contribution < 1.29 is 9.90 Å². The van der Waals surface area contributed by atoms with Crippen molar-refractivity contribution in [3.63, 3.8) is 0 Å². The highest BCUT2D eigenvalue weighted by molar-refractivity contribution is 5.94. The van der Waals surface area contributed by atoms with Crippen LogP contribution in [0.15, 0.2) is 24.3 Å². The molecule has 1 N–H and O–H groups in total. The summed E-state index contributed by atoms with van der Waals surface area (Å²) in [5.74, 6) is 1.40. The molecule has 3 heteroatoms. The number of nitrogens with zero attached hydrogens (tertiary/aromatic N) is 1. The lowest BCUT2D eigenvalue weighted by molar-refractivity contribution is 0.0752. The van der Waals surface area contributed by atoms with Crippen molar-refractivity contribution in [2.45, 2.75) is 38.7 Å². The molecule has 1 aliphatic carbocycles. The third kappa shape index (κ3) is 2.35. The molecule has 1 heterocycles. The summed E-state index contributed by atoms with van der Waals surface area (Å²) < 4.78 is 0. The van der Waals surface area contributed by atoms with E-state index in [1.807, 2.05) is 29.2 Å². The first-order valence-corrected chi connectivity index (χ1v) is 7.63. The zero-order valence-electron chi connectivity index (χ0n) is 12.2. The van der Waals surface area contributed by atoms with E-state index in [1.54, 1.807) is 0 Å². The number of likely N-dealkylation sites (tertiary alicyclic amines) is 1. The van der Waals surface area contributed by atoms with E-state index in [0.29, 0.717) is 17.8 Å². The molecule has 3 atom stereocenters. The number of carbonyl (C=O) groups is 1. The van der Waals surface area contributed by atoms with E-state index in [2.05, 4.69) is 13.8 Å². The van der Waals surface area contributed by atoms with E-state index < -0.39 is 0 Å². The van der Waals surface area contributed by atoms with E-state index in [1.165, 1.54) is 5.56 Å². The standard InChI is InChI=1S/C17H23NO2/c1-11(2)12-3-5-13(6-4-12)17(20)18-9-14-7-8-16(19)15(14)10-18/h3-6,11,14-16,19H,7-10H2,1-2H3. The lowest BCUT2D eigenvalue weighted by atomic mass is 10.00. The second-order valence-corrected chi connectivity index (χ2v) is 6.56. The fourth-order valence-electron chi connectivity index (χ4n) is 3.60. The van der Waals surface area contributed by atoms with Crippen molar-refractivity contribution in [2.75, 3.05) is 13.1 Å². The molecule has 3 unspecified atom stereocenters. The normalized spacial score (nSPS) is 29.0. The van der Waals surface area contributed by atoms with Gasteiger partial charge in [0.2, 0.25) is 0 Å². The molecule has 3 rings (SSSR count). The van der Waals surface area contributed by atoms with E-state index in [0.717, 1.165) is 31.5 Å². The highest BCUT2D eigenvalue weighted by Gasteiger charge is 2.43. The molecule has 1 aromatic carbocycles. The van der Waals surface area contributed by atoms with Crippen LogP contribution in [0.2, 0.25) is 0 Å². The Hall–Kier alpha value is -1.35. The smallest absolute Gasteiger partial charge is 0.253 e. The number of carbonyl (C=O) groups excluding carboxylic acids is 1. The molecule has 1 aliphatic heterocycles. The summed E-state index contributed by atoms with van der Waals surface area (Å²) in [6.07, 6.45) is 1.75. The molecule has 1 aromatic rings. The van der Waals surface area contributed by atoms with E-state index in [9.17, 15) is 9.90 Å². The second kappa shape index (κ2) is 5.21. The Bertz CT molecular complexity index is 494. The predicted molar refractivity (Wildman–Crippen MR) is 78.7 cm³/mol. The van der Waals surface area contributed by atoms with E-state index >= 15 is 0 Å². The van der Waals surface area contributed by atoms with Crippen molar-refractivity contribution in [2.24, 2.45) is 11.8 Å². The number of benzene rings is 1. The molecule has 0 aromatic heterocycles. The van der Waals surface area contributed by atoms with Gasteiger partial charge in [0.05, 0.1) is 6.10 Å². The molecule has 1 saturated carbocycles. The number of aliphatic hydroxyl groups is 1. The van der Waals surface area contributed by atoms with Crippen LogP contribution >= 0.6 is 0 Å². The van der Waals surface area contributed by atoms with Crippen LogP contribution in [0.5, 0.6) is 0 Å². The van der Waals surface area contributed by atoms with Crippen LogP contribution in [0.4, 0.5) is 0 Å². The van der Waals surface area contributed by atoms with Crippen molar-refractivity contribution in [1.29, 1.82) is 0 Å². The van der Waals surface area contributed by atoms with Gasteiger partial charge in [-0.15, -0.1) is 0 Å². The van der Waals surface area contributed by atoms with Gasteiger partial charge >= 0.3 is 0 Å². The highest BCUT2D eigenvalue weighted by atomic mass is 16.3. The van der Waals surface area contributed by atoms with Gasteiger partial charge < -0.3 is 10.0 Å². The van der Waals surface area contributed by atoms with Crippen LogP contribution in [-0.2, 0) is 0 Å². The first-order chi connectivity index (χ1) is 9.56. The molecule has 20 heavy (non-hydrogen) atoms. The van der Waals surface area contributed by atoms with Gasteiger partial charge in [-0.1, -0.05) is 26.0 Å². The first-order valence-electron chi connectivity index (χ1n) is 7.63. The molecular weight excluding hydrogens is 250 g/mol. The van der Waals surface area contributed by atoms with Gasteiger partial charge in [0.1, 0.15) is 0 Å². The molecule has 108 valence electrons. The maximum atomic E-state index is 12.5. The molecule has 0 bridgehead atoms. The summed E-state index contributed by atoms with van der Waals surface area (Å²) in [5, 5.41) is 9.93. The maximum Gasteiger partial charge on any atom is 0.253 e. The highest BCUT2D eigenvalue weighted by Crippen LogP contribution is 2.38. The zero-order valence-corrected chi connectivity index (χ0v) is 12.2. The van der Waals surface area contributed by atoms with Gasteiger partial charge in [-0.05, 0) is 42.4 Å². The Labute approximate surface area is 120 Å². The summed E-state index contributed by atoms with van der Waals surface area (Å²) in [7, 11) is 0. The zero-order chi connectivity index (χ0) is 14.3. The van der Waals surface area contributed by atoms with Crippen LogP contribution in [0.3, 0.4) is 0 Å². The summed E-state index contributed by atoms with van der Waals surface area (Å²) >= 11 is 0. The summed E-state index contributed by atoms with van der Waals surface area (Å²) in [4.78, 5) is 14.4. The lowest BCUT2D eigenvalue weighted by Crippen LogP contribution is -2.31. The number of hydrogen-bond donors (Lipinski definition) is 1. The molecular formula is C17H23NO2. The topological polar surface area (TPSA) is 40.5 Å². The molecule has 2 fully saturated rings. The number of aliphatic hydroxyl groups excluding tert-OH is 1. The third-order valence-corrected chi connectivity index (χ3v) is 4.93. The van der Waals surface area contributed by atoms with Crippen molar-refractivity contribution in [3.8, 4) is 0 Å². The van der Waals surface area contributed by atoms with Crippen LogP contribution in [0, 0.1) is 11.8 Å². The quantitative estimate of drug-likeness (QED) is 0.900. The minimum atomic E-state index is -0.207. The van der Waals surface area contributed by atoms with E-state index in [4.69, 9.17) is 0 Å². The minimum absolute atomic E-state index is 0.113. The summed E-state index contributed by atoms with van der Waals surface area (Å²) in [6, 6.07) is 7.96. The van der Waals surface area contributed by atoms with Crippen LogP contribution in [-0.4, -0.2) is 35.1 Å². The summed E-state index contributed by atoms with van der Waals surface area (Å²) in [6.45, 7) is 5.84. The van der Waals surface area contributed by atoms with Gasteiger partial charge in [0.25, 0.3) is 5.91 Å². The monoisotopic (exact) mass is 273 g/mol. The summed E-state index contributed by atoms with van der Waals surface area (Å²) in [5.41, 5.74) is 2.03. The third-order valence-electron chi connectivity index (χ3n) is 4.93. The number of hydrogen-bond acceptors (Lipinski definition) is 2. The van der Waals surface area contributed by atoms with Gasteiger partial charge in [-0.25, -0.2) is 0 Å². The Morgan fingerprint density at radius 2 is 1.90 bits per heavy atom. The fraction of sp³-hybridized carbons (Fsp3) is 0.588. The van der Waals surface area contributed by atoms with Crippen LogP contribution in [0.1, 0.15) is 48.5 Å². The molecule has 0 radical (unpaired) electrons. The maximum absolute atomic E-state index is 12.5. The molecule has 0 spiro atoms. The van der Waals surface area contributed by atoms with Crippen molar-refractivity contribution in [3.05, 3.63) is 35.4 Å². The largest absolute Gasteiger partial charge is 0.393 e. The molecule has 3 nitrogen and oxygen atoms in total. The van der Waals surface area contributed by atoms with E-state index in [-0.39, 0.29) is 12.0 Å². The molecule has 2 aliphatic rings. The average Bonchev–Trinajstić information content (AvgIpc) is 3.01.